The van der Waals surface area contributed by atoms with Crippen LogP contribution in [0.15, 0.2) is 24.3 Å². The summed E-state index contributed by atoms with van der Waals surface area (Å²) in [6, 6.07) is 9.73. The number of nitrogens with zero attached hydrogens (tertiary/aromatic N) is 2. The van der Waals surface area contributed by atoms with E-state index in [1.807, 2.05) is 0 Å². The highest BCUT2D eigenvalue weighted by Crippen LogP contribution is 2.24. The predicted octanol–water partition coefficient (Wildman–Crippen LogP) is 2.08. The van der Waals surface area contributed by atoms with Gasteiger partial charge in [-0.15, -0.1) is 0 Å². The van der Waals surface area contributed by atoms with Crippen molar-refractivity contribution in [3.63, 3.8) is 0 Å². The van der Waals surface area contributed by atoms with Crippen LogP contribution in [0.2, 0.25) is 0 Å². The fourth-order valence-corrected chi connectivity index (χ4v) is 3.02. The summed E-state index contributed by atoms with van der Waals surface area (Å²) in [5, 5.41) is 3.49. The molecule has 0 amide bonds. The highest BCUT2D eigenvalue weighted by Gasteiger charge is 2.16. The smallest absolute Gasteiger partial charge is 0.0368 e. The summed E-state index contributed by atoms with van der Waals surface area (Å²) in [4.78, 5) is 4.97. The lowest BCUT2D eigenvalue weighted by Crippen LogP contribution is -2.49. The highest BCUT2D eigenvalue weighted by molar-refractivity contribution is 5.57. The topological polar surface area (TPSA) is 18.5 Å². The molecule has 2 saturated heterocycles. The van der Waals surface area contributed by atoms with Crippen LogP contribution in [0.1, 0.15) is 19.8 Å². The minimum Gasteiger partial charge on any atom is -0.372 e. The molecule has 2 fully saturated rings. The molecule has 0 bridgehead atoms. The van der Waals surface area contributed by atoms with Crippen LogP contribution in [0.3, 0.4) is 0 Å². The normalized spacial score (nSPS) is 24.6. The zero-order valence-corrected chi connectivity index (χ0v) is 11.2. The number of hydrogen-bond donors (Lipinski definition) is 1. The highest BCUT2D eigenvalue weighted by atomic mass is 15.2. The minimum atomic E-state index is 0.594. The van der Waals surface area contributed by atoms with Gasteiger partial charge in [0.05, 0.1) is 0 Å². The maximum Gasteiger partial charge on any atom is 0.0368 e. The fourth-order valence-electron chi connectivity index (χ4n) is 3.02. The molecule has 0 radical (unpaired) electrons. The van der Waals surface area contributed by atoms with Gasteiger partial charge in [0.2, 0.25) is 0 Å². The van der Waals surface area contributed by atoms with E-state index in [1.54, 1.807) is 0 Å². The Balaban J connectivity index is 1.70. The van der Waals surface area contributed by atoms with Gasteiger partial charge in [-0.2, -0.15) is 0 Å². The number of nitrogens with one attached hydrogen (secondary N) is 1. The van der Waals surface area contributed by atoms with Gasteiger partial charge in [0.15, 0.2) is 0 Å². The molecule has 2 aliphatic rings. The number of benzene rings is 1. The summed E-state index contributed by atoms with van der Waals surface area (Å²) in [6.07, 6.45) is 2.69. The van der Waals surface area contributed by atoms with Crippen molar-refractivity contribution in [1.82, 2.24) is 5.32 Å². The first-order chi connectivity index (χ1) is 8.83. The molecule has 1 aromatic carbocycles. The van der Waals surface area contributed by atoms with Crippen molar-refractivity contribution in [2.45, 2.75) is 25.8 Å². The molecule has 98 valence electrons. The largest absolute Gasteiger partial charge is 0.372 e. The zero-order chi connectivity index (χ0) is 12.4. The molecular formula is C15H23N3. The molecule has 3 heteroatoms. The maximum absolute atomic E-state index is 3.49. The lowest BCUT2D eigenvalue weighted by atomic mass is 10.2. The first-order valence-corrected chi connectivity index (χ1v) is 7.16. The molecule has 18 heavy (non-hydrogen) atoms. The van der Waals surface area contributed by atoms with Gasteiger partial charge in [0.1, 0.15) is 0 Å². The average molecular weight is 245 g/mol. The van der Waals surface area contributed by atoms with Crippen molar-refractivity contribution in [3.05, 3.63) is 24.3 Å². The van der Waals surface area contributed by atoms with Crippen molar-refractivity contribution in [2.24, 2.45) is 0 Å². The molecule has 0 aromatic heterocycles. The van der Waals surface area contributed by atoms with Gasteiger partial charge < -0.3 is 15.1 Å². The Morgan fingerprint density at radius 2 is 1.56 bits per heavy atom. The van der Waals surface area contributed by atoms with Crippen molar-refractivity contribution in [1.29, 1.82) is 0 Å². The summed E-state index contributed by atoms with van der Waals surface area (Å²) in [5.74, 6) is 0. The molecule has 1 unspecified atom stereocenters. The Hall–Kier alpha value is -1.22. The Kier molecular flexibility index (Phi) is 3.41. The Morgan fingerprint density at radius 3 is 2.17 bits per heavy atom. The van der Waals surface area contributed by atoms with Crippen LogP contribution in [0, 0.1) is 0 Å². The van der Waals surface area contributed by atoms with Gasteiger partial charge in [0.25, 0.3) is 0 Å². The standard InChI is InChI=1S/C15H23N3/c1-13-12-18(11-8-16-13)15-6-4-14(5-7-15)17-9-2-3-10-17/h4-7,13,16H,2-3,8-12H2,1H3. The Bertz CT molecular complexity index is 381. The second-order valence-electron chi connectivity index (χ2n) is 5.51. The number of anilines is 2. The second-order valence-corrected chi connectivity index (χ2v) is 5.51. The van der Waals surface area contributed by atoms with E-state index < -0.39 is 0 Å². The molecule has 0 saturated carbocycles. The van der Waals surface area contributed by atoms with Crippen molar-refractivity contribution in [3.8, 4) is 0 Å². The average Bonchev–Trinajstić information content (AvgIpc) is 2.93. The third-order valence-electron chi connectivity index (χ3n) is 4.05. The SMILES string of the molecule is CC1CN(c2ccc(N3CCCC3)cc2)CCN1. The monoisotopic (exact) mass is 245 g/mol. The fraction of sp³-hybridized carbons (Fsp3) is 0.600. The first kappa shape index (κ1) is 11.8. The van der Waals surface area contributed by atoms with Crippen LogP contribution in [-0.4, -0.2) is 38.8 Å². The van der Waals surface area contributed by atoms with Crippen LogP contribution in [-0.2, 0) is 0 Å². The van der Waals surface area contributed by atoms with Gasteiger partial charge in [-0.05, 0) is 44.0 Å². The predicted molar refractivity (Wildman–Crippen MR) is 77.6 cm³/mol. The lowest BCUT2D eigenvalue weighted by Gasteiger charge is -2.34. The van der Waals surface area contributed by atoms with Crippen molar-refractivity contribution in [2.75, 3.05) is 42.5 Å². The van der Waals surface area contributed by atoms with Crippen molar-refractivity contribution >= 4 is 11.4 Å². The lowest BCUT2D eigenvalue weighted by molar-refractivity contribution is 0.485. The van der Waals surface area contributed by atoms with Gasteiger partial charge in [-0.1, -0.05) is 0 Å². The van der Waals surface area contributed by atoms with Crippen LogP contribution in [0.4, 0.5) is 11.4 Å². The van der Waals surface area contributed by atoms with Crippen molar-refractivity contribution < 1.29 is 0 Å². The number of hydrogen-bond acceptors (Lipinski definition) is 3. The van der Waals surface area contributed by atoms with Gasteiger partial charge in [0, 0.05) is 50.1 Å². The van der Waals surface area contributed by atoms with Gasteiger partial charge in [-0.3, -0.25) is 0 Å². The summed E-state index contributed by atoms with van der Waals surface area (Å²) in [5.41, 5.74) is 2.76. The van der Waals surface area contributed by atoms with E-state index in [0.29, 0.717) is 6.04 Å². The summed E-state index contributed by atoms with van der Waals surface area (Å²) in [7, 11) is 0. The first-order valence-electron chi connectivity index (χ1n) is 7.16. The van der Waals surface area contributed by atoms with Gasteiger partial charge in [-0.25, -0.2) is 0 Å². The van der Waals surface area contributed by atoms with E-state index in [-0.39, 0.29) is 0 Å². The van der Waals surface area contributed by atoms with E-state index in [9.17, 15) is 0 Å². The molecule has 1 atom stereocenters. The van der Waals surface area contributed by atoms with E-state index in [1.165, 1.54) is 37.3 Å². The number of piperazine rings is 1. The van der Waals surface area contributed by atoms with Crippen LogP contribution >= 0.6 is 0 Å². The van der Waals surface area contributed by atoms with E-state index in [4.69, 9.17) is 0 Å². The van der Waals surface area contributed by atoms with Crippen LogP contribution in [0.5, 0.6) is 0 Å². The van der Waals surface area contributed by atoms with Crippen LogP contribution < -0.4 is 15.1 Å². The summed E-state index contributed by atoms with van der Waals surface area (Å²) >= 11 is 0. The van der Waals surface area contributed by atoms with E-state index >= 15 is 0 Å². The second kappa shape index (κ2) is 5.19. The number of rotatable bonds is 2. The molecule has 2 aliphatic heterocycles. The molecule has 1 N–H and O–H groups in total. The summed E-state index contributed by atoms with van der Waals surface area (Å²) < 4.78 is 0. The third kappa shape index (κ3) is 2.46. The molecule has 3 rings (SSSR count). The Morgan fingerprint density at radius 1 is 0.944 bits per heavy atom. The quantitative estimate of drug-likeness (QED) is 0.860. The van der Waals surface area contributed by atoms with E-state index in [2.05, 4.69) is 46.3 Å². The van der Waals surface area contributed by atoms with Gasteiger partial charge >= 0.3 is 0 Å². The third-order valence-corrected chi connectivity index (χ3v) is 4.05. The summed E-state index contributed by atoms with van der Waals surface area (Å²) in [6.45, 7) is 8.03. The minimum absolute atomic E-state index is 0.594. The maximum atomic E-state index is 3.49. The molecule has 2 heterocycles. The molecule has 0 aliphatic carbocycles. The molecule has 1 aromatic rings. The molecule has 3 nitrogen and oxygen atoms in total. The molecule has 0 spiro atoms. The molecular weight excluding hydrogens is 222 g/mol. The Labute approximate surface area is 110 Å². The van der Waals surface area contributed by atoms with E-state index in [0.717, 1.165) is 19.6 Å². The zero-order valence-electron chi connectivity index (χ0n) is 11.2. The van der Waals surface area contributed by atoms with Crippen LogP contribution in [0.25, 0.3) is 0 Å².